The Labute approximate surface area is 843 Å². The topological polar surface area (TPSA) is 520 Å². The Morgan fingerprint density at radius 1 is 0.350 bits per heavy atom. The van der Waals surface area contributed by atoms with Crippen molar-refractivity contribution in [1.82, 2.24) is 96.0 Å². The van der Waals surface area contributed by atoms with E-state index in [0.29, 0.717) is 138 Å². The minimum Gasteiger partial charge on any atom is -0.481 e. The first-order chi connectivity index (χ1) is 68.1. The summed E-state index contributed by atoms with van der Waals surface area (Å²) in [5.41, 5.74) is 10.5. The molecule has 0 bridgehead atoms. The fourth-order valence-electron chi connectivity index (χ4n) is 15.5. The van der Waals surface area contributed by atoms with E-state index in [9.17, 15) is 59.4 Å². The van der Waals surface area contributed by atoms with Crippen LogP contribution in [0.3, 0.4) is 0 Å². The Morgan fingerprint density at radius 3 is 1.11 bits per heavy atom. The highest BCUT2D eigenvalue weighted by Crippen LogP contribution is 2.46. The number of pyridine rings is 4. The van der Waals surface area contributed by atoms with Gasteiger partial charge in [-0.25, -0.2) is 69.0 Å². The second kappa shape index (κ2) is 43.4. The van der Waals surface area contributed by atoms with Crippen molar-refractivity contribution in [2.45, 2.75) is 145 Å². The monoisotopic (exact) mass is 2020 g/mol. The zero-order valence-electron chi connectivity index (χ0n) is 81.0. The number of aliphatic hydroxyl groups is 4. The molecule has 740 valence electrons. The first-order valence-electron chi connectivity index (χ1n) is 46.2. The third-order valence-electron chi connectivity index (χ3n) is 23.5. The van der Waals surface area contributed by atoms with Crippen LogP contribution in [0.2, 0.25) is 0 Å². The van der Waals surface area contributed by atoms with Gasteiger partial charge < -0.3 is 61.7 Å². The van der Waals surface area contributed by atoms with Gasteiger partial charge >= 0.3 is 36.1 Å². The molecule has 8 amide bonds. The molecule has 2 fully saturated rings. The summed E-state index contributed by atoms with van der Waals surface area (Å²) < 4.78 is 3.57. The van der Waals surface area contributed by atoms with Gasteiger partial charge in [-0.1, -0.05) is 63.5 Å². The molecular formula is C101H109N25O12S5. The molecule has 0 aliphatic carbocycles. The van der Waals surface area contributed by atoms with Crippen LogP contribution >= 0.6 is 56.7 Å². The molecule has 37 nitrogen and oxygen atoms in total. The minimum atomic E-state index is -1.16. The fraction of sp³-hybridized carbons (Fsp3) is 0.317. The van der Waals surface area contributed by atoms with Gasteiger partial charge in [0.15, 0.2) is 32.2 Å². The number of benzene rings is 4. The van der Waals surface area contributed by atoms with Crippen LogP contribution in [-0.2, 0) is 32.0 Å². The van der Waals surface area contributed by atoms with Crippen molar-refractivity contribution in [3.05, 3.63) is 200 Å². The van der Waals surface area contributed by atoms with Crippen molar-refractivity contribution in [2.75, 3.05) is 83.4 Å². The Balaban J connectivity index is 0.000000145. The summed E-state index contributed by atoms with van der Waals surface area (Å²) in [6, 6.07) is 35.8. The average Bonchev–Trinajstić information content (AvgIpc) is 1.71. The maximum absolute atomic E-state index is 12.2. The number of urea groups is 4. The second-order valence-electron chi connectivity index (χ2n) is 36.6. The predicted molar refractivity (Wildman–Crippen MR) is 562 cm³/mol. The SMILES string of the molecule is CCNC(=O)Nc1nc2cc(-c3cnc(C(C)(C)O)cn3)cc(-c3ccccn3)c2s1.CCNC(=O)Nc1nc2cc(-c3cnc(C(C)(C)O)nc3)cc(-c3cc(N4CCC(C)(C(=O)O)CC4)ccn3)c2s1.CCNC(=O)Nc1nc2cc(-c3cnc(C(C)(C)O)nc3)cc(-c3cccc(N4CCC(C)(C(=O)O)CC4)n3)c2s1.CCNC(=O)Nc1nc2cc(-c3cnc(C(C)(C)O)s3)cc(-c3ccccn3)c2s1. The van der Waals surface area contributed by atoms with Crippen molar-refractivity contribution < 1.29 is 59.4 Å². The number of rotatable bonds is 24. The summed E-state index contributed by atoms with van der Waals surface area (Å²) in [4.78, 5) is 145. The van der Waals surface area contributed by atoms with Gasteiger partial charge in [0, 0.05) is 147 Å². The molecule has 14 N–H and O–H groups in total. The number of carboxylic acid groups (broad SMARTS) is 2. The van der Waals surface area contributed by atoms with Gasteiger partial charge in [0.1, 0.15) is 33.2 Å². The molecule has 18 rings (SSSR count). The smallest absolute Gasteiger partial charge is 0.321 e. The van der Waals surface area contributed by atoms with Crippen LogP contribution in [0.25, 0.3) is 130 Å². The third-order valence-corrected chi connectivity index (χ3v) is 29.0. The molecule has 2 saturated heterocycles. The summed E-state index contributed by atoms with van der Waals surface area (Å²) in [6.07, 6.45) is 19.1. The van der Waals surface area contributed by atoms with Gasteiger partial charge in [-0.3, -0.25) is 55.8 Å². The Morgan fingerprint density at radius 2 is 0.734 bits per heavy atom. The summed E-state index contributed by atoms with van der Waals surface area (Å²) >= 11 is 6.97. The molecule has 16 aromatic rings. The van der Waals surface area contributed by atoms with Crippen molar-refractivity contribution in [3.8, 4) is 89.0 Å². The number of hydrogen-bond acceptors (Lipinski definition) is 32. The van der Waals surface area contributed by atoms with Gasteiger partial charge in [-0.15, -0.1) is 11.3 Å². The zero-order chi connectivity index (χ0) is 102. The molecular weight excluding hydrogens is 1920 g/mol. The van der Waals surface area contributed by atoms with Crippen LogP contribution in [0.15, 0.2) is 177 Å². The number of carboxylic acids is 2. The Bertz CT molecular complexity index is 7070. The number of piperidine rings is 2. The molecule has 12 aromatic heterocycles. The number of fused-ring (bicyclic) bond motifs is 4. The van der Waals surface area contributed by atoms with E-state index in [1.54, 1.807) is 131 Å². The lowest BCUT2D eigenvalue weighted by molar-refractivity contribution is -0.149. The van der Waals surface area contributed by atoms with E-state index in [2.05, 4.69) is 128 Å². The Hall–Kier alpha value is -14.6. The highest BCUT2D eigenvalue weighted by atomic mass is 32.1. The van der Waals surface area contributed by atoms with E-state index in [4.69, 9.17) is 4.98 Å². The van der Waals surface area contributed by atoms with E-state index in [1.165, 1.54) is 56.7 Å². The number of carbonyl (C=O) groups excluding carboxylic acids is 4. The molecule has 2 aliphatic heterocycles. The molecule has 0 saturated carbocycles. The quantitative estimate of drug-likeness (QED) is 0.0267. The molecule has 0 spiro atoms. The molecule has 143 heavy (non-hydrogen) atoms. The first kappa shape index (κ1) is 103. The number of carbonyl (C=O) groups is 6. The van der Waals surface area contributed by atoms with Crippen LogP contribution in [-0.4, -0.2) is 194 Å². The molecule has 0 unspecified atom stereocenters. The minimum absolute atomic E-state index is 0.284. The second-order valence-corrected chi connectivity index (χ2v) is 41.6. The zero-order valence-corrected chi connectivity index (χ0v) is 85.1. The highest BCUT2D eigenvalue weighted by Gasteiger charge is 2.39. The van der Waals surface area contributed by atoms with Crippen molar-refractivity contribution in [1.29, 1.82) is 0 Å². The van der Waals surface area contributed by atoms with E-state index in [-0.39, 0.29) is 24.1 Å². The van der Waals surface area contributed by atoms with Gasteiger partial charge in [-0.2, -0.15) is 0 Å². The number of nitrogens with one attached hydrogen (secondary N) is 8. The summed E-state index contributed by atoms with van der Waals surface area (Å²) in [6.45, 7) is 28.8. The fourth-order valence-corrected chi connectivity index (χ4v) is 20.2. The predicted octanol–water partition coefficient (Wildman–Crippen LogP) is 18.8. The van der Waals surface area contributed by atoms with Crippen molar-refractivity contribution >= 4 is 166 Å². The molecule has 2 aliphatic rings. The van der Waals surface area contributed by atoms with Crippen molar-refractivity contribution in [2.24, 2.45) is 10.8 Å². The normalized spacial score (nSPS) is 13.6. The van der Waals surface area contributed by atoms with E-state index in [0.717, 1.165) is 125 Å². The van der Waals surface area contributed by atoms with Crippen LogP contribution < -0.4 is 52.3 Å². The van der Waals surface area contributed by atoms with Gasteiger partial charge in [-0.05, 0) is 236 Å². The summed E-state index contributed by atoms with van der Waals surface area (Å²) in [5.74, 6) is -0.107. The molecule has 4 aromatic carbocycles. The lowest BCUT2D eigenvalue weighted by Gasteiger charge is -2.37. The largest absolute Gasteiger partial charge is 0.481 e. The average molecular weight is 2030 g/mol. The lowest BCUT2D eigenvalue weighted by atomic mass is 9.80. The van der Waals surface area contributed by atoms with Gasteiger partial charge in [0.05, 0.1) is 103 Å². The molecule has 42 heteroatoms. The lowest BCUT2D eigenvalue weighted by Crippen LogP contribution is -2.43. The number of hydrogen-bond donors (Lipinski definition) is 14. The standard InChI is InChI=1S/2C29H33N7O4S.C22H22N6O2S.C21H21N5O2S2/c1-5-30-26(39)35-27-34-22-13-17(18-15-32-24(33-16-18)28(2,3)40)12-20(23(22)41-27)21-14-19(6-9-31-21)36-10-7-29(4,8-11-36)25(37)38;1-5-30-26(39)35-27-34-21-14-17(18-15-31-24(32-16-18)28(2,3)40)13-19(23(21)41-27)20-7-6-8-22(33-20)36-11-9-29(4,10-12-36)25(37)38;1-4-23-20(29)28-21-27-16-10-13(17-11-26-18(12-25-17)22(2,3)30)9-14(19(16)31-21)15-7-5-6-8-24-15;1-4-22-19(27)26-20-25-15-10-12(16-11-24-18(29-16)21(2,3)28)9-13(17(15)30-20)14-7-5-6-8-23-14/h6,9,12-16,40H,5,7-8,10-11H2,1-4H3,(H,37,38)(H2,30,34,35,39);6-8,13-16,40H,5,9-12H2,1-4H3,(H,37,38)(H2,30,34,35,39);5-12,30H,4H2,1-3H3,(H2,23,27,28,29);5-11,28H,4H2,1-3H3,(H2,22,25,26,27). The summed E-state index contributed by atoms with van der Waals surface area (Å²) in [7, 11) is 0. The van der Waals surface area contributed by atoms with Gasteiger partial charge in [0.25, 0.3) is 0 Å². The maximum atomic E-state index is 12.2. The maximum Gasteiger partial charge on any atom is 0.321 e. The molecule has 0 atom stereocenters. The third kappa shape index (κ3) is 24.8. The number of anilines is 6. The number of aliphatic carboxylic acids is 2. The van der Waals surface area contributed by atoms with Crippen LogP contribution in [0.1, 0.15) is 145 Å². The van der Waals surface area contributed by atoms with E-state index < -0.39 is 45.2 Å². The molecule has 0 radical (unpaired) electrons. The van der Waals surface area contributed by atoms with Crippen molar-refractivity contribution in [3.63, 3.8) is 0 Å². The van der Waals surface area contributed by atoms with Crippen LogP contribution in [0.4, 0.5) is 51.2 Å². The summed E-state index contributed by atoms with van der Waals surface area (Å²) in [5, 5.41) is 84.8. The Kier molecular flexibility index (Phi) is 31.2. The van der Waals surface area contributed by atoms with Crippen LogP contribution in [0.5, 0.6) is 0 Å². The van der Waals surface area contributed by atoms with Gasteiger partial charge in [0.2, 0.25) is 0 Å². The van der Waals surface area contributed by atoms with E-state index in [1.807, 2.05) is 137 Å². The van der Waals surface area contributed by atoms with E-state index >= 15 is 0 Å². The first-order valence-corrected chi connectivity index (χ1v) is 50.3. The number of amides is 8. The number of aromatic nitrogens is 15. The van der Waals surface area contributed by atoms with Crippen LogP contribution in [0, 0.1) is 10.8 Å². The number of thiazole rings is 5. The molecule has 14 heterocycles. The highest BCUT2D eigenvalue weighted by molar-refractivity contribution is 7.24. The number of nitrogens with zero attached hydrogens (tertiary/aromatic N) is 17.